The third-order valence-corrected chi connectivity index (χ3v) is 3.51. The topological polar surface area (TPSA) is 44.4 Å². The average Bonchev–Trinajstić information content (AvgIpc) is 3.14. The van der Waals surface area contributed by atoms with Gasteiger partial charge in [0.2, 0.25) is 5.91 Å². The maximum absolute atomic E-state index is 11.8. The van der Waals surface area contributed by atoms with Crippen molar-refractivity contribution in [1.29, 1.82) is 0 Å². The predicted octanol–water partition coefficient (Wildman–Crippen LogP) is 1.02. The Balaban J connectivity index is 1.56. The molecule has 0 bridgehead atoms. The van der Waals surface area contributed by atoms with Crippen LogP contribution in [0.4, 0.5) is 0 Å². The first-order valence-corrected chi connectivity index (χ1v) is 6.98. The Labute approximate surface area is 108 Å². The molecule has 1 saturated heterocycles. The Kier molecular flexibility index (Phi) is 4.59. The van der Waals surface area contributed by atoms with Crippen molar-refractivity contribution in [2.45, 2.75) is 44.6 Å². The van der Waals surface area contributed by atoms with Crippen molar-refractivity contribution in [3.63, 3.8) is 0 Å². The second-order valence-electron chi connectivity index (χ2n) is 4.87. The van der Waals surface area contributed by atoms with E-state index in [4.69, 9.17) is 12.2 Å². The summed E-state index contributed by atoms with van der Waals surface area (Å²) in [5.74, 6) is 0.256. The Morgan fingerprint density at radius 3 is 2.59 bits per heavy atom. The third kappa shape index (κ3) is 4.50. The molecule has 17 heavy (non-hydrogen) atoms. The van der Waals surface area contributed by atoms with Crippen LogP contribution in [0, 0.1) is 0 Å². The molecule has 1 saturated carbocycles. The van der Waals surface area contributed by atoms with Gasteiger partial charge in [0.15, 0.2) is 5.11 Å². The second-order valence-corrected chi connectivity index (χ2v) is 5.27. The van der Waals surface area contributed by atoms with Crippen molar-refractivity contribution in [3.8, 4) is 0 Å². The number of likely N-dealkylation sites (tertiary alicyclic amines) is 1. The Hall–Kier alpha value is -0.840. The lowest BCUT2D eigenvalue weighted by Gasteiger charge is -2.26. The molecule has 1 aliphatic heterocycles. The summed E-state index contributed by atoms with van der Waals surface area (Å²) >= 11 is 5.13. The molecule has 0 aromatic carbocycles. The summed E-state index contributed by atoms with van der Waals surface area (Å²) in [7, 11) is 0. The summed E-state index contributed by atoms with van der Waals surface area (Å²) in [5, 5.41) is 6.99. The molecule has 0 atom stereocenters. The molecule has 2 N–H and O–H groups in total. The van der Waals surface area contributed by atoms with Gasteiger partial charge in [0.25, 0.3) is 0 Å². The lowest BCUT2D eigenvalue weighted by atomic mass is 10.1. The van der Waals surface area contributed by atoms with Crippen LogP contribution in [0.25, 0.3) is 0 Å². The fraction of sp³-hybridized carbons (Fsp3) is 0.833. The van der Waals surface area contributed by atoms with Crippen molar-refractivity contribution in [1.82, 2.24) is 15.5 Å². The number of amides is 1. The van der Waals surface area contributed by atoms with E-state index >= 15 is 0 Å². The number of rotatable bonds is 4. The van der Waals surface area contributed by atoms with E-state index in [2.05, 4.69) is 10.6 Å². The highest BCUT2D eigenvalue weighted by atomic mass is 32.1. The monoisotopic (exact) mass is 255 g/mol. The number of piperidine rings is 1. The zero-order valence-electron chi connectivity index (χ0n) is 10.2. The quantitative estimate of drug-likeness (QED) is 0.736. The van der Waals surface area contributed by atoms with Gasteiger partial charge < -0.3 is 15.5 Å². The van der Waals surface area contributed by atoms with E-state index in [0.29, 0.717) is 24.1 Å². The number of nitrogens with zero attached hydrogens (tertiary/aromatic N) is 1. The van der Waals surface area contributed by atoms with Crippen LogP contribution < -0.4 is 10.6 Å². The molecular formula is C12H21N3OS. The van der Waals surface area contributed by atoms with Gasteiger partial charge in [-0.15, -0.1) is 0 Å². The fourth-order valence-corrected chi connectivity index (χ4v) is 2.32. The summed E-state index contributed by atoms with van der Waals surface area (Å²) in [4.78, 5) is 13.8. The van der Waals surface area contributed by atoms with Crippen LogP contribution in [0.3, 0.4) is 0 Å². The van der Waals surface area contributed by atoms with E-state index in [0.717, 1.165) is 25.9 Å². The number of nitrogens with one attached hydrogen (secondary N) is 2. The summed E-state index contributed by atoms with van der Waals surface area (Å²) in [5.41, 5.74) is 0. The molecule has 5 heteroatoms. The zero-order valence-corrected chi connectivity index (χ0v) is 11.0. The Morgan fingerprint density at radius 2 is 1.94 bits per heavy atom. The van der Waals surface area contributed by atoms with Crippen LogP contribution in [0.1, 0.15) is 38.5 Å². The molecule has 2 rings (SSSR count). The average molecular weight is 255 g/mol. The van der Waals surface area contributed by atoms with Crippen LogP contribution in [-0.4, -0.2) is 41.6 Å². The molecule has 2 aliphatic rings. The normalized spacial score (nSPS) is 19.9. The maximum atomic E-state index is 11.8. The molecule has 0 spiro atoms. The zero-order chi connectivity index (χ0) is 12.1. The van der Waals surface area contributed by atoms with Crippen molar-refractivity contribution in [2.75, 3.05) is 19.6 Å². The SMILES string of the molecule is O=C(CCNC(=S)NC1CC1)N1CCCCC1. The second kappa shape index (κ2) is 6.19. The molecule has 2 fully saturated rings. The molecule has 0 aromatic rings. The van der Waals surface area contributed by atoms with Gasteiger partial charge in [0.1, 0.15) is 0 Å². The first-order chi connectivity index (χ1) is 8.25. The van der Waals surface area contributed by atoms with Crippen LogP contribution in [0.15, 0.2) is 0 Å². The van der Waals surface area contributed by atoms with Gasteiger partial charge in [-0.2, -0.15) is 0 Å². The predicted molar refractivity (Wildman–Crippen MR) is 71.8 cm³/mol. The highest BCUT2D eigenvalue weighted by molar-refractivity contribution is 7.80. The first-order valence-electron chi connectivity index (χ1n) is 6.58. The Morgan fingerprint density at radius 1 is 1.24 bits per heavy atom. The molecule has 0 aromatic heterocycles. The van der Waals surface area contributed by atoms with E-state index in [-0.39, 0.29) is 5.91 Å². The van der Waals surface area contributed by atoms with E-state index in [1.54, 1.807) is 0 Å². The van der Waals surface area contributed by atoms with Gasteiger partial charge in [-0.3, -0.25) is 4.79 Å². The summed E-state index contributed by atoms with van der Waals surface area (Å²) in [6, 6.07) is 0.577. The van der Waals surface area contributed by atoms with Gasteiger partial charge in [-0.1, -0.05) is 0 Å². The van der Waals surface area contributed by atoms with E-state index < -0.39 is 0 Å². The molecule has 4 nitrogen and oxygen atoms in total. The van der Waals surface area contributed by atoms with Crippen LogP contribution in [0.5, 0.6) is 0 Å². The van der Waals surface area contributed by atoms with Crippen LogP contribution >= 0.6 is 12.2 Å². The molecular weight excluding hydrogens is 234 g/mol. The third-order valence-electron chi connectivity index (χ3n) is 3.25. The van der Waals surface area contributed by atoms with Crippen molar-refractivity contribution in [3.05, 3.63) is 0 Å². The summed E-state index contributed by atoms with van der Waals surface area (Å²) < 4.78 is 0. The number of hydrogen-bond donors (Lipinski definition) is 2. The molecule has 96 valence electrons. The highest BCUT2D eigenvalue weighted by Crippen LogP contribution is 2.18. The highest BCUT2D eigenvalue weighted by Gasteiger charge is 2.21. The first kappa shape index (κ1) is 12.6. The van der Waals surface area contributed by atoms with Gasteiger partial charge in [-0.25, -0.2) is 0 Å². The Bertz CT molecular complexity index is 285. The van der Waals surface area contributed by atoms with Crippen molar-refractivity contribution >= 4 is 23.2 Å². The fourth-order valence-electron chi connectivity index (χ4n) is 2.05. The van der Waals surface area contributed by atoms with E-state index in [1.165, 1.54) is 19.3 Å². The molecule has 1 aliphatic carbocycles. The lowest BCUT2D eigenvalue weighted by molar-refractivity contribution is -0.131. The van der Waals surface area contributed by atoms with Crippen LogP contribution in [0.2, 0.25) is 0 Å². The van der Waals surface area contributed by atoms with Gasteiger partial charge >= 0.3 is 0 Å². The van der Waals surface area contributed by atoms with E-state index in [1.807, 2.05) is 4.90 Å². The van der Waals surface area contributed by atoms with Gasteiger partial charge in [-0.05, 0) is 44.3 Å². The van der Waals surface area contributed by atoms with Crippen molar-refractivity contribution < 1.29 is 4.79 Å². The molecule has 0 radical (unpaired) electrons. The largest absolute Gasteiger partial charge is 0.362 e. The number of carbonyl (C=O) groups excluding carboxylic acids is 1. The van der Waals surface area contributed by atoms with E-state index in [9.17, 15) is 4.79 Å². The van der Waals surface area contributed by atoms with Gasteiger partial charge in [0.05, 0.1) is 0 Å². The molecule has 0 unspecified atom stereocenters. The van der Waals surface area contributed by atoms with Gasteiger partial charge in [0, 0.05) is 32.1 Å². The molecule has 1 heterocycles. The maximum Gasteiger partial charge on any atom is 0.224 e. The van der Waals surface area contributed by atoms with Crippen molar-refractivity contribution in [2.24, 2.45) is 0 Å². The molecule has 1 amide bonds. The lowest BCUT2D eigenvalue weighted by Crippen LogP contribution is -2.40. The summed E-state index contributed by atoms with van der Waals surface area (Å²) in [6.45, 7) is 2.51. The standard InChI is InChI=1S/C12H21N3OS/c16-11(15-8-2-1-3-9-15)6-7-13-12(17)14-10-4-5-10/h10H,1-9H2,(H2,13,14,17). The minimum absolute atomic E-state index is 0.256. The number of carbonyl (C=O) groups is 1. The minimum atomic E-state index is 0.256. The summed E-state index contributed by atoms with van der Waals surface area (Å²) in [6.07, 6.45) is 6.55. The number of thiocarbonyl (C=S) groups is 1. The minimum Gasteiger partial charge on any atom is -0.362 e. The van der Waals surface area contributed by atoms with Crippen LogP contribution in [-0.2, 0) is 4.79 Å². The smallest absolute Gasteiger partial charge is 0.224 e. The number of hydrogen-bond acceptors (Lipinski definition) is 2.